The summed E-state index contributed by atoms with van der Waals surface area (Å²) >= 11 is 1.48. The highest BCUT2D eigenvalue weighted by atomic mass is 32.2. The molecule has 0 unspecified atom stereocenters. The van der Waals surface area contributed by atoms with Crippen LogP contribution < -0.4 is 0 Å². The molecule has 0 fully saturated rings. The molecule has 3 rings (SSSR count). The highest BCUT2D eigenvalue weighted by molar-refractivity contribution is 8.00. The van der Waals surface area contributed by atoms with E-state index in [2.05, 4.69) is 35.3 Å². The Bertz CT molecular complexity index is 894. The van der Waals surface area contributed by atoms with Gasteiger partial charge in [-0.15, -0.1) is 0 Å². The third-order valence-corrected chi connectivity index (χ3v) is 5.15. The fraction of sp³-hybridized carbons (Fsp3) is 0.316. The van der Waals surface area contributed by atoms with Gasteiger partial charge in [-0.2, -0.15) is 0 Å². The third kappa shape index (κ3) is 3.08. The highest BCUT2D eigenvalue weighted by Crippen LogP contribution is 2.26. The van der Waals surface area contributed by atoms with Crippen LogP contribution in [0.2, 0.25) is 0 Å². The minimum absolute atomic E-state index is 0.141. The Balaban J connectivity index is 1.82. The van der Waals surface area contributed by atoms with Crippen LogP contribution in [0, 0.1) is 13.8 Å². The van der Waals surface area contributed by atoms with Crippen molar-refractivity contribution in [1.29, 1.82) is 0 Å². The summed E-state index contributed by atoms with van der Waals surface area (Å²) in [6.45, 7) is 8.34. The van der Waals surface area contributed by atoms with E-state index in [9.17, 15) is 4.79 Å². The van der Waals surface area contributed by atoms with Gasteiger partial charge in [0.15, 0.2) is 5.78 Å². The Morgan fingerprint density at radius 3 is 2.67 bits per heavy atom. The average Bonchev–Trinajstić information content (AvgIpc) is 2.87. The highest BCUT2D eigenvalue weighted by Gasteiger charge is 2.17. The van der Waals surface area contributed by atoms with Gasteiger partial charge in [-0.25, -0.2) is 9.97 Å². The van der Waals surface area contributed by atoms with Crippen LogP contribution in [0.3, 0.4) is 0 Å². The maximum Gasteiger partial charge on any atom is 0.174 e. The molecule has 5 heteroatoms. The predicted molar refractivity (Wildman–Crippen MR) is 98.9 cm³/mol. The van der Waals surface area contributed by atoms with Crippen LogP contribution >= 0.6 is 11.8 Å². The number of para-hydroxylation sites is 1. The van der Waals surface area contributed by atoms with Crippen LogP contribution in [-0.2, 0) is 0 Å². The zero-order valence-electron chi connectivity index (χ0n) is 14.4. The standard InChI is InChI=1S/C19H21N3OS/c1-12(2)22-13(3)9-16(14(22)4)18(23)10-24-19-15-7-5-6-8-17(15)20-11-21-19/h5-9,11-12H,10H2,1-4H3. The lowest BCUT2D eigenvalue weighted by Crippen LogP contribution is -2.08. The largest absolute Gasteiger partial charge is 0.346 e. The fourth-order valence-corrected chi connectivity index (χ4v) is 4.03. The van der Waals surface area contributed by atoms with Crippen LogP contribution in [0.1, 0.15) is 41.6 Å². The summed E-state index contributed by atoms with van der Waals surface area (Å²) in [4.78, 5) is 21.3. The van der Waals surface area contributed by atoms with Gasteiger partial charge in [0.05, 0.1) is 11.3 Å². The van der Waals surface area contributed by atoms with Crippen LogP contribution in [0.25, 0.3) is 10.9 Å². The molecule has 3 aromatic rings. The van der Waals surface area contributed by atoms with Gasteiger partial charge in [0.2, 0.25) is 0 Å². The maximum absolute atomic E-state index is 12.7. The molecule has 0 amide bonds. The summed E-state index contributed by atoms with van der Waals surface area (Å²) in [5, 5.41) is 1.84. The van der Waals surface area contributed by atoms with E-state index in [1.807, 2.05) is 37.3 Å². The average molecular weight is 339 g/mol. The Labute approximate surface area is 146 Å². The first-order chi connectivity index (χ1) is 11.5. The number of aryl methyl sites for hydroxylation is 1. The molecule has 2 aromatic heterocycles. The molecule has 2 heterocycles. The summed E-state index contributed by atoms with van der Waals surface area (Å²) < 4.78 is 2.21. The zero-order valence-corrected chi connectivity index (χ0v) is 15.2. The second kappa shape index (κ2) is 6.77. The van der Waals surface area contributed by atoms with E-state index >= 15 is 0 Å². The van der Waals surface area contributed by atoms with Crippen molar-refractivity contribution in [3.05, 3.63) is 53.6 Å². The number of rotatable bonds is 5. The summed E-state index contributed by atoms with van der Waals surface area (Å²) in [7, 11) is 0. The number of carbonyl (C=O) groups excluding carboxylic acids is 1. The van der Waals surface area contributed by atoms with E-state index in [1.54, 1.807) is 6.33 Å². The molecule has 0 bridgehead atoms. The van der Waals surface area contributed by atoms with E-state index in [0.29, 0.717) is 11.8 Å². The molecular formula is C19H21N3OS. The van der Waals surface area contributed by atoms with Crippen LogP contribution in [0.5, 0.6) is 0 Å². The molecule has 0 radical (unpaired) electrons. The Morgan fingerprint density at radius 2 is 1.96 bits per heavy atom. The van der Waals surface area contributed by atoms with Crippen molar-refractivity contribution < 1.29 is 4.79 Å². The van der Waals surface area contributed by atoms with Crippen molar-refractivity contribution in [3.63, 3.8) is 0 Å². The molecule has 0 aliphatic heterocycles. The zero-order chi connectivity index (χ0) is 17.3. The minimum atomic E-state index is 0.141. The van der Waals surface area contributed by atoms with E-state index < -0.39 is 0 Å². The number of fused-ring (bicyclic) bond motifs is 1. The molecular weight excluding hydrogens is 318 g/mol. The molecule has 0 spiro atoms. The number of aromatic nitrogens is 3. The van der Waals surface area contributed by atoms with Gasteiger partial charge in [-0.05, 0) is 39.8 Å². The van der Waals surface area contributed by atoms with Crippen molar-refractivity contribution in [2.45, 2.75) is 38.8 Å². The number of Topliss-reactive ketones (excluding diaryl/α,β-unsaturated/α-hetero) is 1. The Kier molecular flexibility index (Phi) is 4.71. The van der Waals surface area contributed by atoms with Crippen LogP contribution in [-0.4, -0.2) is 26.1 Å². The number of thioether (sulfide) groups is 1. The van der Waals surface area contributed by atoms with Crippen molar-refractivity contribution in [3.8, 4) is 0 Å². The van der Waals surface area contributed by atoms with Crippen LogP contribution in [0.4, 0.5) is 0 Å². The summed E-state index contributed by atoms with van der Waals surface area (Å²) in [5.41, 5.74) is 3.89. The monoisotopic (exact) mass is 339 g/mol. The normalized spacial score (nSPS) is 11.4. The molecule has 124 valence electrons. The molecule has 0 atom stereocenters. The minimum Gasteiger partial charge on any atom is -0.346 e. The number of hydrogen-bond donors (Lipinski definition) is 0. The quantitative estimate of drug-likeness (QED) is 0.387. The second-order valence-electron chi connectivity index (χ2n) is 6.16. The van der Waals surface area contributed by atoms with E-state index in [1.165, 1.54) is 11.8 Å². The van der Waals surface area contributed by atoms with Gasteiger partial charge in [0.25, 0.3) is 0 Å². The Hall–Kier alpha value is -2.14. The van der Waals surface area contributed by atoms with E-state index in [0.717, 1.165) is 32.9 Å². The predicted octanol–water partition coefficient (Wildman–Crippen LogP) is 4.60. The lowest BCUT2D eigenvalue weighted by atomic mass is 10.2. The molecule has 1 aromatic carbocycles. The first-order valence-electron chi connectivity index (χ1n) is 8.03. The number of hydrogen-bond acceptors (Lipinski definition) is 4. The van der Waals surface area contributed by atoms with E-state index in [4.69, 9.17) is 0 Å². The van der Waals surface area contributed by atoms with Crippen molar-refractivity contribution in [1.82, 2.24) is 14.5 Å². The van der Waals surface area contributed by atoms with Crippen molar-refractivity contribution in [2.24, 2.45) is 0 Å². The summed E-state index contributed by atoms with van der Waals surface area (Å²) in [6, 6.07) is 10.2. The molecule has 0 aliphatic rings. The van der Waals surface area contributed by atoms with Gasteiger partial charge in [0, 0.05) is 28.4 Å². The lowest BCUT2D eigenvalue weighted by Gasteiger charge is -2.13. The number of nitrogens with zero attached hydrogens (tertiary/aromatic N) is 3. The molecule has 24 heavy (non-hydrogen) atoms. The van der Waals surface area contributed by atoms with Gasteiger partial charge in [0.1, 0.15) is 11.4 Å². The molecule has 0 saturated heterocycles. The number of benzene rings is 1. The molecule has 0 aliphatic carbocycles. The van der Waals surface area contributed by atoms with Gasteiger partial charge in [-0.1, -0.05) is 30.0 Å². The smallest absolute Gasteiger partial charge is 0.174 e. The van der Waals surface area contributed by atoms with Gasteiger partial charge in [-0.3, -0.25) is 4.79 Å². The molecule has 0 saturated carbocycles. The summed E-state index contributed by atoms with van der Waals surface area (Å²) in [5.74, 6) is 0.520. The fourth-order valence-electron chi connectivity index (χ4n) is 3.16. The van der Waals surface area contributed by atoms with Crippen molar-refractivity contribution >= 4 is 28.4 Å². The maximum atomic E-state index is 12.7. The lowest BCUT2D eigenvalue weighted by molar-refractivity contribution is 0.102. The molecule has 0 N–H and O–H groups in total. The SMILES string of the molecule is Cc1cc(C(=O)CSc2ncnc3ccccc23)c(C)n1C(C)C. The topological polar surface area (TPSA) is 47.8 Å². The number of ketones is 1. The van der Waals surface area contributed by atoms with Gasteiger partial charge < -0.3 is 4.57 Å². The summed E-state index contributed by atoms with van der Waals surface area (Å²) in [6.07, 6.45) is 1.56. The van der Waals surface area contributed by atoms with Crippen molar-refractivity contribution in [2.75, 3.05) is 5.75 Å². The van der Waals surface area contributed by atoms with Gasteiger partial charge >= 0.3 is 0 Å². The first kappa shape index (κ1) is 16.7. The van der Waals surface area contributed by atoms with E-state index in [-0.39, 0.29) is 5.78 Å². The van der Waals surface area contributed by atoms with Crippen LogP contribution in [0.15, 0.2) is 41.7 Å². The third-order valence-electron chi connectivity index (χ3n) is 4.15. The Morgan fingerprint density at radius 1 is 1.21 bits per heavy atom. The second-order valence-corrected chi connectivity index (χ2v) is 7.12. The first-order valence-corrected chi connectivity index (χ1v) is 9.01. The molecule has 4 nitrogen and oxygen atoms in total. The number of carbonyl (C=O) groups is 1.